The van der Waals surface area contributed by atoms with Gasteiger partial charge in [-0.2, -0.15) is 0 Å². The van der Waals surface area contributed by atoms with Crippen LogP contribution in [0.3, 0.4) is 0 Å². The summed E-state index contributed by atoms with van der Waals surface area (Å²) >= 11 is 0. The smallest absolute Gasteiger partial charge is 0.462 e. The highest BCUT2D eigenvalue weighted by atomic mass is 31.2. The third-order valence-electron chi connectivity index (χ3n) is 8.25. The maximum absolute atomic E-state index is 12.5. The monoisotopic (exact) mass is 744 g/mol. The molecular weight excluding hydrogens is 671 g/mol. The van der Waals surface area contributed by atoms with Gasteiger partial charge < -0.3 is 24.6 Å². The SMILES string of the molecule is CCC/C=C\C/C=C\CCCCCCCC(=O)OC(COC(=O)CCCCCCC/C=C\CCCCCCCC)COP(=O)(O)OCC(O)CO. The van der Waals surface area contributed by atoms with E-state index < -0.39 is 51.8 Å². The molecule has 0 aliphatic rings. The number of allylic oxidation sites excluding steroid dienone is 6. The summed E-state index contributed by atoms with van der Waals surface area (Å²) in [4.78, 5) is 34.8. The maximum Gasteiger partial charge on any atom is 0.472 e. The van der Waals surface area contributed by atoms with Gasteiger partial charge >= 0.3 is 19.8 Å². The molecule has 0 fully saturated rings. The van der Waals surface area contributed by atoms with Gasteiger partial charge in [-0.05, 0) is 64.2 Å². The van der Waals surface area contributed by atoms with Crippen LogP contribution in [-0.4, -0.2) is 65.7 Å². The van der Waals surface area contributed by atoms with E-state index in [2.05, 4.69) is 54.8 Å². The first-order chi connectivity index (χ1) is 24.7. The Morgan fingerprint density at radius 1 is 0.588 bits per heavy atom. The Labute approximate surface area is 310 Å². The second kappa shape index (κ2) is 36.5. The zero-order chi connectivity index (χ0) is 37.7. The van der Waals surface area contributed by atoms with Crippen molar-refractivity contribution in [3.8, 4) is 0 Å². The van der Waals surface area contributed by atoms with Crippen LogP contribution in [0.25, 0.3) is 0 Å². The van der Waals surface area contributed by atoms with E-state index in [0.717, 1.165) is 77.0 Å². The van der Waals surface area contributed by atoms with Crippen LogP contribution in [0.15, 0.2) is 36.5 Å². The molecule has 51 heavy (non-hydrogen) atoms. The lowest BCUT2D eigenvalue weighted by atomic mass is 10.1. The van der Waals surface area contributed by atoms with Gasteiger partial charge in [0.25, 0.3) is 0 Å². The summed E-state index contributed by atoms with van der Waals surface area (Å²) in [6.07, 6.45) is 35.4. The Morgan fingerprint density at radius 3 is 1.61 bits per heavy atom. The molecule has 0 spiro atoms. The summed E-state index contributed by atoms with van der Waals surface area (Å²) < 4.78 is 32.6. The molecule has 0 rings (SSSR count). The number of aliphatic hydroxyl groups excluding tert-OH is 2. The number of esters is 2. The average Bonchev–Trinajstić information content (AvgIpc) is 3.12. The number of phosphoric acid groups is 1. The number of unbranched alkanes of at least 4 members (excludes halogenated alkanes) is 17. The van der Waals surface area contributed by atoms with E-state index in [4.69, 9.17) is 19.1 Å². The first kappa shape index (κ1) is 49.2. The molecule has 0 radical (unpaired) electrons. The minimum absolute atomic E-state index is 0.166. The number of carbonyl (C=O) groups excluding carboxylic acids is 2. The van der Waals surface area contributed by atoms with E-state index in [-0.39, 0.29) is 19.4 Å². The van der Waals surface area contributed by atoms with Crippen molar-refractivity contribution in [2.45, 2.75) is 180 Å². The van der Waals surface area contributed by atoms with Gasteiger partial charge in [0.05, 0.1) is 19.8 Å². The molecule has 0 heterocycles. The van der Waals surface area contributed by atoms with E-state index in [0.29, 0.717) is 12.8 Å². The van der Waals surface area contributed by atoms with E-state index in [1.54, 1.807) is 0 Å². The Balaban J connectivity index is 4.37. The molecule has 3 atom stereocenters. The number of phosphoric ester groups is 1. The van der Waals surface area contributed by atoms with Gasteiger partial charge in [-0.1, -0.05) is 127 Å². The van der Waals surface area contributed by atoms with Crippen molar-refractivity contribution in [1.29, 1.82) is 0 Å². The lowest BCUT2D eigenvalue weighted by Gasteiger charge is -2.20. The quantitative estimate of drug-likeness (QED) is 0.0243. The van der Waals surface area contributed by atoms with E-state index in [1.807, 2.05) is 0 Å². The first-order valence-electron chi connectivity index (χ1n) is 19.9. The van der Waals surface area contributed by atoms with Gasteiger partial charge in [0, 0.05) is 12.8 Å². The van der Waals surface area contributed by atoms with Crippen molar-refractivity contribution in [3.63, 3.8) is 0 Å². The number of rotatable bonds is 37. The Hall–Kier alpha value is -1.81. The third kappa shape index (κ3) is 36.3. The molecule has 3 N–H and O–H groups in total. The second-order valence-electron chi connectivity index (χ2n) is 13.3. The molecule has 0 amide bonds. The minimum atomic E-state index is -4.62. The summed E-state index contributed by atoms with van der Waals surface area (Å²) in [6.45, 7) is 2.27. The number of ether oxygens (including phenoxy) is 2. The molecule has 0 bridgehead atoms. The predicted molar refractivity (Wildman–Crippen MR) is 205 cm³/mol. The highest BCUT2D eigenvalue weighted by Crippen LogP contribution is 2.43. The summed E-state index contributed by atoms with van der Waals surface area (Å²) in [7, 11) is -4.62. The van der Waals surface area contributed by atoms with Gasteiger partial charge in [-0.25, -0.2) is 4.57 Å². The van der Waals surface area contributed by atoms with Crippen LogP contribution in [0.5, 0.6) is 0 Å². The van der Waals surface area contributed by atoms with Crippen LogP contribution in [0, 0.1) is 0 Å². The van der Waals surface area contributed by atoms with Crippen LogP contribution >= 0.6 is 7.82 Å². The van der Waals surface area contributed by atoms with Crippen molar-refractivity contribution in [1.82, 2.24) is 0 Å². The van der Waals surface area contributed by atoms with E-state index in [9.17, 15) is 24.2 Å². The lowest BCUT2D eigenvalue weighted by Crippen LogP contribution is -2.29. The van der Waals surface area contributed by atoms with Crippen LogP contribution in [0.1, 0.15) is 168 Å². The molecule has 0 saturated carbocycles. The molecule has 0 aliphatic heterocycles. The molecular formula is C40H73O10P. The van der Waals surface area contributed by atoms with Crippen LogP contribution < -0.4 is 0 Å². The second-order valence-corrected chi connectivity index (χ2v) is 14.8. The van der Waals surface area contributed by atoms with Crippen molar-refractivity contribution < 1.29 is 47.8 Å². The topological polar surface area (TPSA) is 149 Å². The van der Waals surface area contributed by atoms with Crippen molar-refractivity contribution in [3.05, 3.63) is 36.5 Å². The standard InChI is InChI=1S/C40H73O10P/c1-3-5-7-9-11-13-15-17-18-20-21-23-25-27-29-31-39(43)47-35-38(36-49-51(45,46)48-34-37(42)33-41)50-40(44)32-30-28-26-24-22-19-16-14-12-10-8-6-4-2/h8,10,14,16-18,37-38,41-42H,3-7,9,11-13,15,19-36H2,1-2H3,(H,45,46)/b10-8-,16-14-,18-17-. The predicted octanol–water partition coefficient (Wildman–Crippen LogP) is 10.00. The van der Waals surface area contributed by atoms with Gasteiger partial charge in [0.15, 0.2) is 6.10 Å². The fourth-order valence-electron chi connectivity index (χ4n) is 5.14. The zero-order valence-corrected chi connectivity index (χ0v) is 33.0. The van der Waals surface area contributed by atoms with Crippen molar-refractivity contribution in [2.75, 3.05) is 26.4 Å². The molecule has 0 aromatic carbocycles. The molecule has 3 unspecified atom stereocenters. The Kier molecular flexibility index (Phi) is 35.2. The molecule has 298 valence electrons. The van der Waals surface area contributed by atoms with Crippen molar-refractivity contribution >= 4 is 19.8 Å². The van der Waals surface area contributed by atoms with E-state index in [1.165, 1.54) is 51.4 Å². The number of carbonyl (C=O) groups is 2. The summed E-state index contributed by atoms with van der Waals surface area (Å²) in [5, 5.41) is 18.3. The zero-order valence-electron chi connectivity index (χ0n) is 32.1. The summed E-state index contributed by atoms with van der Waals surface area (Å²) in [5.74, 6) is -0.952. The van der Waals surface area contributed by atoms with Gasteiger partial charge in [0.1, 0.15) is 12.7 Å². The van der Waals surface area contributed by atoms with Crippen molar-refractivity contribution in [2.24, 2.45) is 0 Å². The number of hydrogen-bond acceptors (Lipinski definition) is 9. The number of hydrogen-bond donors (Lipinski definition) is 3. The highest BCUT2D eigenvalue weighted by molar-refractivity contribution is 7.47. The Morgan fingerprint density at radius 2 is 1.06 bits per heavy atom. The van der Waals surface area contributed by atoms with Crippen LogP contribution in [0.2, 0.25) is 0 Å². The van der Waals surface area contributed by atoms with Gasteiger partial charge in [-0.3, -0.25) is 18.6 Å². The third-order valence-corrected chi connectivity index (χ3v) is 9.20. The van der Waals surface area contributed by atoms with Gasteiger partial charge in [0.2, 0.25) is 0 Å². The summed E-state index contributed by atoms with van der Waals surface area (Å²) in [5.41, 5.74) is 0. The minimum Gasteiger partial charge on any atom is -0.462 e. The normalized spacial score (nSPS) is 14.4. The van der Waals surface area contributed by atoms with E-state index >= 15 is 0 Å². The molecule has 11 heteroatoms. The lowest BCUT2D eigenvalue weighted by molar-refractivity contribution is -0.161. The molecule has 10 nitrogen and oxygen atoms in total. The average molecular weight is 745 g/mol. The maximum atomic E-state index is 12.5. The number of aliphatic hydroxyl groups is 2. The molecule has 0 aromatic rings. The summed E-state index contributed by atoms with van der Waals surface area (Å²) in [6, 6.07) is 0. The molecule has 0 aromatic heterocycles. The van der Waals surface area contributed by atoms with Crippen LogP contribution in [0.4, 0.5) is 0 Å². The van der Waals surface area contributed by atoms with Gasteiger partial charge in [-0.15, -0.1) is 0 Å². The molecule has 0 saturated heterocycles. The largest absolute Gasteiger partial charge is 0.472 e. The fourth-order valence-corrected chi connectivity index (χ4v) is 5.93. The Bertz CT molecular complexity index is 952. The molecule has 0 aliphatic carbocycles. The van der Waals surface area contributed by atoms with Crippen LogP contribution in [-0.2, 0) is 32.7 Å². The fraction of sp³-hybridized carbons (Fsp3) is 0.800. The highest BCUT2D eigenvalue weighted by Gasteiger charge is 2.27. The first-order valence-corrected chi connectivity index (χ1v) is 21.4.